The number of nitrogens with zero attached hydrogens (tertiary/aromatic N) is 2. The molecule has 1 atom stereocenters. The van der Waals surface area contributed by atoms with Crippen LogP contribution in [0.15, 0.2) is 18.2 Å². The van der Waals surface area contributed by atoms with Gasteiger partial charge in [-0.25, -0.2) is 4.98 Å². The Labute approximate surface area is 117 Å². The lowest BCUT2D eigenvalue weighted by atomic mass is 10.2. The molecule has 1 aromatic heterocycles. The fourth-order valence-corrected chi connectivity index (χ4v) is 2.98. The van der Waals surface area contributed by atoms with Gasteiger partial charge in [-0.05, 0) is 46.1 Å². The lowest BCUT2D eigenvalue weighted by Gasteiger charge is -2.15. The number of thiazole rings is 1. The van der Waals surface area contributed by atoms with Crippen molar-refractivity contribution in [3.8, 4) is 0 Å². The lowest BCUT2D eigenvalue weighted by molar-refractivity contribution is 0.390. The maximum Gasteiger partial charge on any atom is 0.184 e. The van der Waals surface area contributed by atoms with Gasteiger partial charge in [0.2, 0.25) is 0 Å². The van der Waals surface area contributed by atoms with Crippen LogP contribution in [0.25, 0.3) is 10.2 Å². The summed E-state index contributed by atoms with van der Waals surface area (Å²) in [7, 11) is 4.17. The van der Waals surface area contributed by atoms with Crippen molar-refractivity contribution in [2.75, 3.05) is 26.0 Å². The molecular weight excluding hydrogens is 266 g/mol. The molecule has 0 aliphatic rings. The molecule has 0 fully saturated rings. The minimum absolute atomic E-state index is 0.409. The van der Waals surface area contributed by atoms with E-state index in [0.717, 1.165) is 33.3 Å². The molecular formula is C13H18ClN3S. The Hall–Kier alpha value is -0.840. The Morgan fingerprint density at radius 2 is 2.22 bits per heavy atom. The molecule has 1 aromatic carbocycles. The molecule has 18 heavy (non-hydrogen) atoms. The van der Waals surface area contributed by atoms with Gasteiger partial charge >= 0.3 is 0 Å². The van der Waals surface area contributed by atoms with Crippen LogP contribution < -0.4 is 5.32 Å². The summed E-state index contributed by atoms with van der Waals surface area (Å²) < 4.78 is 1.06. The van der Waals surface area contributed by atoms with Crippen LogP contribution in [-0.2, 0) is 0 Å². The van der Waals surface area contributed by atoms with E-state index in [9.17, 15) is 0 Å². The minimum Gasteiger partial charge on any atom is -0.359 e. The van der Waals surface area contributed by atoms with E-state index in [1.807, 2.05) is 18.2 Å². The summed E-state index contributed by atoms with van der Waals surface area (Å²) >= 11 is 7.76. The van der Waals surface area contributed by atoms with Crippen molar-refractivity contribution in [2.45, 2.75) is 19.4 Å². The number of aromatic nitrogens is 1. The average Bonchev–Trinajstić information content (AvgIpc) is 2.70. The van der Waals surface area contributed by atoms with Gasteiger partial charge < -0.3 is 10.2 Å². The Morgan fingerprint density at radius 1 is 1.44 bits per heavy atom. The van der Waals surface area contributed by atoms with E-state index in [0.29, 0.717) is 6.04 Å². The number of hydrogen-bond donors (Lipinski definition) is 1. The number of hydrogen-bond acceptors (Lipinski definition) is 4. The van der Waals surface area contributed by atoms with Gasteiger partial charge in [0.15, 0.2) is 5.13 Å². The van der Waals surface area contributed by atoms with Crippen molar-refractivity contribution in [1.82, 2.24) is 9.88 Å². The highest BCUT2D eigenvalue weighted by atomic mass is 35.5. The Bertz CT molecular complexity index is 524. The molecule has 1 heterocycles. The summed E-state index contributed by atoms with van der Waals surface area (Å²) in [6.45, 7) is 3.25. The van der Waals surface area contributed by atoms with Gasteiger partial charge in [-0.3, -0.25) is 0 Å². The smallest absolute Gasteiger partial charge is 0.184 e. The maximum atomic E-state index is 6.15. The predicted octanol–water partition coefficient (Wildman–Crippen LogP) is 3.70. The van der Waals surface area contributed by atoms with Gasteiger partial charge in [-0.1, -0.05) is 29.0 Å². The van der Waals surface area contributed by atoms with Crippen LogP contribution in [0, 0.1) is 0 Å². The fraction of sp³-hybridized carbons (Fsp3) is 0.462. The van der Waals surface area contributed by atoms with Gasteiger partial charge in [0.05, 0.1) is 15.2 Å². The molecule has 3 nitrogen and oxygen atoms in total. The van der Waals surface area contributed by atoms with E-state index in [1.54, 1.807) is 11.3 Å². The van der Waals surface area contributed by atoms with E-state index in [-0.39, 0.29) is 0 Å². The molecule has 2 rings (SSSR count). The van der Waals surface area contributed by atoms with Crippen LogP contribution >= 0.6 is 22.9 Å². The Kier molecular flexibility index (Phi) is 4.43. The lowest BCUT2D eigenvalue weighted by Crippen LogP contribution is -2.22. The van der Waals surface area contributed by atoms with Crippen LogP contribution in [0.5, 0.6) is 0 Å². The van der Waals surface area contributed by atoms with Crippen molar-refractivity contribution >= 4 is 38.3 Å². The molecule has 0 radical (unpaired) electrons. The van der Waals surface area contributed by atoms with Gasteiger partial charge in [0.1, 0.15) is 0 Å². The highest BCUT2D eigenvalue weighted by Crippen LogP contribution is 2.32. The first-order valence-electron chi connectivity index (χ1n) is 6.02. The van der Waals surface area contributed by atoms with Gasteiger partial charge in [-0.2, -0.15) is 0 Å². The van der Waals surface area contributed by atoms with Crippen molar-refractivity contribution in [1.29, 1.82) is 0 Å². The highest BCUT2D eigenvalue weighted by molar-refractivity contribution is 7.22. The first-order valence-corrected chi connectivity index (χ1v) is 7.22. The molecule has 0 saturated carbocycles. The van der Waals surface area contributed by atoms with E-state index in [4.69, 9.17) is 11.6 Å². The normalized spacial score (nSPS) is 13.2. The second kappa shape index (κ2) is 5.87. The third-order valence-electron chi connectivity index (χ3n) is 2.75. The van der Waals surface area contributed by atoms with Crippen molar-refractivity contribution in [3.05, 3.63) is 23.2 Å². The number of anilines is 1. The fourth-order valence-electron chi connectivity index (χ4n) is 1.71. The Balaban J connectivity index is 2.05. The highest BCUT2D eigenvalue weighted by Gasteiger charge is 2.09. The van der Waals surface area contributed by atoms with E-state index in [2.05, 4.69) is 36.2 Å². The Morgan fingerprint density at radius 3 is 2.89 bits per heavy atom. The van der Waals surface area contributed by atoms with Crippen molar-refractivity contribution in [2.24, 2.45) is 0 Å². The van der Waals surface area contributed by atoms with Gasteiger partial charge in [0, 0.05) is 6.04 Å². The summed E-state index contributed by atoms with van der Waals surface area (Å²) in [5.74, 6) is 0. The zero-order valence-electron chi connectivity index (χ0n) is 10.9. The molecule has 0 bridgehead atoms. The third kappa shape index (κ3) is 3.34. The van der Waals surface area contributed by atoms with Crippen LogP contribution in [0.2, 0.25) is 5.02 Å². The van der Waals surface area contributed by atoms with Gasteiger partial charge in [0.25, 0.3) is 0 Å². The molecule has 0 saturated heterocycles. The third-order valence-corrected chi connectivity index (χ3v) is 4.21. The predicted molar refractivity (Wildman–Crippen MR) is 80.9 cm³/mol. The zero-order valence-corrected chi connectivity index (χ0v) is 12.5. The minimum atomic E-state index is 0.409. The van der Waals surface area contributed by atoms with Gasteiger partial charge in [-0.15, -0.1) is 0 Å². The molecule has 0 aliphatic carbocycles. The van der Waals surface area contributed by atoms with Crippen LogP contribution in [-0.4, -0.2) is 36.6 Å². The molecule has 5 heteroatoms. The SMILES string of the molecule is CC(CCN(C)C)Nc1nc2cccc(Cl)c2s1. The largest absolute Gasteiger partial charge is 0.359 e. The number of fused-ring (bicyclic) bond motifs is 1. The molecule has 0 amide bonds. The summed E-state index contributed by atoms with van der Waals surface area (Å²) in [6.07, 6.45) is 1.09. The summed E-state index contributed by atoms with van der Waals surface area (Å²) in [6, 6.07) is 6.24. The standard InChI is InChI=1S/C13H18ClN3S/c1-9(7-8-17(2)3)15-13-16-11-6-4-5-10(14)12(11)18-13/h4-6,9H,7-8H2,1-3H3,(H,15,16). The molecule has 98 valence electrons. The summed E-state index contributed by atoms with van der Waals surface area (Å²) in [5, 5.41) is 5.16. The summed E-state index contributed by atoms with van der Waals surface area (Å²) in [5.41, 5.74) is 0.967. The van der Waals surface area contributed by atoms with Crippen LogP contribution in [0.1, 0.15) is 13.3 Å². The first-order chi connectivity index (χ1) is 8.56. The monoisotopic (exact) mass is 283 g/mol. The van der Waals surface area contributed by atoms with E-state index in [1.165, 1.54) is 0 Å². The van der Waals surface area contributed by atoms with Crippen molar-refractivity contribution < 1.29 is 0 Å². The van der Waals surface area contributed by atoms with Crippen LogP contribution in [0.4, 0.5) is 5.13 Å². The maximum absolute atomic E-state index is 6.15. The molecule has 1 unspecified atom stereocenters. The van der Waals surface area contributed by atoms with E-state index >= 15 is 0 Å². The molecule has 0 spiro atoms. The topological polar surface area (TPSA) is 28.2 Å². The van der Waals surface area contributed by atoms with E-state index < -0.39 is 0 Å². The zero-order chi connectivity index (χ0) is 13.1. The number of nitrogens with one attached hydrogen (secondary N) is 1. The number of rotatable bonds is 5. The summed E-state index contributed by atoms with van der Waals surface area (Å²) in [4.78, 5) is 6.74. The molecule has 0 aliphatic heterocycles. The second-order valence-corrected chi connectivity index (χ2v) is 6.15. The second-order valence-electron chi connectivity index (χ2n) is 4.74. The number of halogens is 1. The molecule has 1 N–H and O–H groups in total. The quantitative estimate of drug-likeness (QED) is 0.907. The van der Waals surface area contributed by atoms with Crippen LogP contribution in [0.3, 0.4) is 0 Å². The van der Waals surface area contributed by atoms with Crippen molar-refractivity contribution in [3.63, 3.8) is 0 Å². The first kappa shape index (κ1) is 13.6. The molecule has 2 aromatic rings. The number of benzene rings is 1. The average molecular weight is 284 g/mol.